The number of aromatic nitrogens is 2. The Balaban J connectivity index is 1.83. The number of hydrogen-bond donors (Lipinski definition) is 2. The number of benzene rings is 2. The number of anilines is 1. The predicted molar refractivity (Wildman–Crippen MR) is 85.8 cm³/mol. The Kier molecular flexibility index (Phi) is 3.51. The molecule has 0 aliphatic carbocycles. The minimum atomic E-state index is -0.0755. The van der Waals surface area contributed by atoms with Gasteiger partial charge in [0.15, 0.2) is 0 Å². The number of rotatable bonds is 3. The molecule has 0 radical (unpaired) electrons. The average molecular weight is 277 g/mol. The van der Waals surface area contributed by atoms with Gasteiger partial charge < -0.3 is 10.3 Å². The highest BCUT2D eigenvalue weighted by molar-refractivity contribution is 5.89. The molecule has 1 amide bonds. The SMILES string of the molecule is CC(=O)Nc1cccc(/C=C/c2nc3ccccc3[nH]2)c1. The van der Waals surface area contributed by atoms with E-state index in [0.717, 1.165) is 28.1 Å². The first-order valence-electron chi connectivity index (χ1n) is 6.71. The molecule has 104 valence electrons. The first-order chi connectivity index (χ1) is 10.2. The third-order valence-electron chi connectivity index (χ3n) is 3.05. The summed E-state index contributed by atoms with van der Waals surface area (Å²) in [5.74, 6) is 0.731. The molecule has 3 rings (SSSR count). The van der Waals surface area contributed by atoms with E-state index in [2.05, 4.69) is 15.3 Å². The van der Waals surface area contributed by atoms with E-state index in [-0.39, 0.29) is 5.91 Å². The second kappa shape index (κ2) is 5.63. The van der Waals surface area contributed by atoms with Crippen LogP contribution >= 0.6 is 0 Å². The number of H-pyrrole nitrogens is 1. The summed E-state index contributed by atoms with van der Waals surface area (Å²) in [5.41, 5.74) is 3.75. The minimum Gasteiger partial charge on any atom is -0.338 e. The van der Waals surface area contributed by atoms with Crippen LogP contribution < -0.4 is 5.32 Å². The molecule has 0 saturated carbocycles. The number of nitrogens with zero attached hydrogens (tertiary/aromatic N) is 1. The van der Waals surface area contributed by atoms with Crippen LogP contribution in [-0.4, -0.2) is 15.9 Å². The number of nitrogens with one attached hydrogen (secondary N) is 2. The molecule has 0 unspecified atom stereocenters. The second-order valence-corrected chi connectivity index (χ2v) is 4.78. The molecule has 2 aromatic carbocycles. The van der Waals surface area contributed by atoms with Crippen LogP contribution in [0.1, 0.15) is 18.3 Å². The van der Waals surface area contributed by atoms with Crippen LogP contribution in [0.5, 0.6) is 0 Å². The van der Waals surface area contributed by atoms with E-state index >= 15 is 0 Å². The van der Waals surface area contributed by atoms with Gasteiger partial charge in [-0.1, -0.05) is 30.3 Å². The number of carbonyl (C=O) groups excluding carboxylic acids is 1. The third kappa shape index (κ3) is 3.17. The summed E-state index contributed by atoms with van der Waals surface area (Å²) in [7, 11) is 0. The Morgan fingerprint density at radius 3 is 2.81 bits per heavy atom. The summed E-state index contributed by atoms with van der Waals surface area (Å²) < 4.78 is 0. The van der Waals surface area contributed by atoms with Gasteiger partial charge in [-0.05, 0) is 35.9 Å². The van der Waals surface area contributed by atoms with E-state index in [0.29, 0.717) is 0 Å². The standard InChI is InChI=1S/C17H15N3O/c1-12(21)18-14-6-4-5-13(11-14)9-10-17-19-15-7-2-3-8-16(15)20-17/h2-11H,1H3,(H,18,21)(H,19,20)/b10-9+. The van der Waals surface area contributed by atoms with E-state index in [9.17, 15) is 4.79 Å². The van der Waals surface area contributed by atoms with E-state index < -0.39 is 0 Å². The van der Waals surface area contributed by atoms with Crippen molar-refractivity contribution in [3.63, 3.8) is 0 Å². The second-order valence-electron chi connectivity index (χ2n) is 4.78. The lowest BCUT2D eigenvalue weighted by atomic mass is 10.2. The van der Waals surface area contributed by atoms with E-state index in [4.69, 9.17) is 0 Å². The van der Waals surface area contributed by atoms with Gasteiger partial charge in [0.1, 0.15) is 5.82 Å². The summed E-state index contributed by atoms with van der Waals surface area (Å²) >= 11 is 0. The van der Waals surface area contributed by atoms with Crippen molar-refractivity contribution in [3.05, 3.63) is 59.9 Å². The number of aromatic amines is 1. The van der Waals surface area contributed by atoms with Gasteiger partial charge >= 0.3 is 0 Å². The summed E-state index contributed by atoms with van der Waals surface area (Å²) in [5, 5.41) is 2.77. The number of fused-ring (bicyclic) bond motifs is 1. The molecule has 0 saturated heterocycles. The zero-order valence-corrected chi connectivity index (χ0v) is 11.6. The highest BCUT2D eigenvalue weighted by Crippen LogP contribution is 2.15. The molecule has 0 aliphatic heterocycles. The molecule has 21 heavy (non-hydrogen) atoms. The largest absolute Gasteiger partial charge is 0.338 e. The fourth-order valence-electron chi connectivity index (χ4n) is 2.15. The molecular weight excluding hydrogens is 262 g/mol. The molecule has 4 heteroatoms. The van der Waals surface area contributed by atoms with E-state index in [1.54, 1.807) is 0 Å². The summed E-state index contributed by atoms with van der Waals surface area (Å²) in [6, 6.07) is 15.6. The molecule has 0 fully saturated rings. The van der Waals surface area contributed by atoms with Gasteiger partial charge in [-0.25, -0.2) is 4.98 Å². The monoisotopic (exact) mass is 277 g/mol. The molecule has 0 bridgehead atoms. The van der Waals surface area contributed by atoms with Crippen LogP contribution in [0.15, 0.2) is 48.5 Å². The van der Waals surface area contributed by atoms with E-state index in [1.165, 1.54) is 6.92 Å². The summed E-state index contributed by atoms with van der Waals surface area (Å²) in [6.45, 7) is 1.50. The third-order valence-corrected chi connectivity index (χ3v) is 3.05. The van der Waals surface area contributed by atoms with Crippen LogP contribution in [0.2, 0.25) is 0 Å². The van der Waals surface area contributed by atoms with Crippen LogP contribution in [-0.2, 0) is 4.79 Å². The first kappa shape index (κ1) is 13.1. The van der Waals surface area contributed by atoms with Crippen molar-refractivity contribution in [3.8, 4) is 0 Å². The zero-order chi connectivity index (χ0) is 14.7. The van der Waals surface area contributed by atoms with E-state index in [1.807, 2.05) is 60.7 Å². The maximum atomic E-state index is 11.1. The number of hydrogen-bond acceptors (Lipinski definition) is 2. The smallest absolute Gasteiger partial charge is 0.221 e. The maximum Gasteiger partial charge on any atom is 0.221 e. The summed E-state index contributed by atoms with van der Waals surface area (Å²) in [6.07, 6.45) is 3.88. The van der Waals surface area contributed by atoms with Crippen LogP contribution in [0.4, 0.5) is 5.69 Å². The van der Waals surface area contributed by atoms with Crippen molar-refractivity contribution in [2.24, 2.45) is 0 Å². The Bertz CT molecular complexity index is 785. The molecule has 4 nitrogen and oxygen atoms in total. The van der Waals surface area contributed by atoms with Gasteiger partial charge in [-0.3, -0.25) is 4.79 Å². The molecule has 0 spiro atoms. The van der Waals surface area contributed by atoms with Crippen LogP contribution in [0.3, 0.4) is 0 Å². The van der Waals surface area contributed by atoms with Gasteiger partial charge in [0.2, 0.25) is 5.91 Å². The minimum absolute atomic E-state index is 0.0755. The molecule has 3 aromatic rings. The lowest BCUT2D eigenvalue weighted by molar-refractivity contribution is -0.114. The van der Waals surface area contributed by atoms with Crippen LogP contribution in [0.25, 0.3) is 23.2 Å². The predicted octanol–water partition coefficient (Wildman–Crippen LogP) is 3.69. The van der Waals surface area contributed by atoms with Crippen LogP contribution in [0, 0.1) is 0 Å². The number of carbonyl (C=O) groups is 1. The Morgan fingerprint density at radius 1 is 1.14 bits per heavy atom. The molecule has 1 heterocycles. The topological polar surface area (TPSA) is 57.8 Å². The lowest BCUT2D eigenvalue weighted by Crippen LogP contribution is -2.05. The van der Waals surface area contributed by atoms with Gasteiger partial charge in [0, 0.05) is 12.6 Å². The molecule has 0 aliphatic rings. The number of imidazole rings is 1. The van der Waals surface area contributed by atoms with Crippen molar-refractivity contribution >= 4 is 34.8 Å². The van der Waals surface area contributed by atoms with Crippen molar-refractivity contribution in [2.45, 2.75) is 6.92 Å². The average Bonchev–Trinajstić information content (AvgIpc) is 2.87. The Hall–Kier alpha value is -2.88. The molecule has 0 atom stereocenters. The van der Waals surface area contributed by atoms with Crippen molar-refractivity contribution < 1.29 is 4.79 Å². The first-order valence-corrected chi connectivity index (χ1v) is 6.71. The fraction of sp³-hybridized carbons (Fsp3) is 0.0588. The molecular formula is C17H15N3O. The Morgan fingerprint density at radius 2 is 2.00 bits per heavy atom. The Labute approximate surface area is 122 Å². The quantitative estimate of drug-likeness (QED) is 0.767. The van der Waals surface area contributed by atoms with Gasteiger partial charge in [0.25, 0.3) is 0 Å². The fourth-order valence-corrected chi connectivity index (χ4v) is 2.15. The number of para-hydroxylation sites is 2. The highest BCUT2D eigenvalue weighted by atomic mass is 16.1. The maximum absolute atomic E-state index is 11.1. The molecule has 1 aromatic heterocycles. The summed E-state index contributed by atoms with van der Waals surface area (Å²) in [4.78, 5) is 18.8. The number of amides is 1. The van der Waals surface area contributed by atoms with Gasteiger partial charge in [-0.15, -0.1) is 0 Å². The lowest BCUT2D eigenvalue weighted by Gasteiger charge is -2.02. The molecule has 2 N–H and O–H groups in total. The van der Waals surface area contributed by atoms with Crippen molar-refractivity contribution in [2.75, 3.05) is 5.32 Å². The van der Waals surface area contributed by atoms with Crippen molar-refractivity contribution in [1.82, 2.24) is 9.97 Å². The zero-order valence-electron chi connectivity index (χ0n) is 11.6. The van der Waals surface area contributed by atoms with Gasteiger partial charge in [-0.2, -0.15) is 0 Å². The van der Waals surface area contributed by atoms with Crippen molar-refractivity contribution in [1.29, 1.82) is 0 Å². The van der Waals surface area contributed by atoms with Gasteiger partial charge in [0.05, 0.1) is 11.0 Å². The normalized spacial score (nSPS) is 11.1. The highest BCUT2D eigenvalue weighted by Gasteiger charge is 1.99.